The van der Waals surface area contributed by atoms with E-state index < -0.39 is 0 Å². The third-order valence-corrected chi connectivity index (χ3v) is 5.79. The number of aromatic nitrogens is 3. The van der Waals surface area contributed by atoms with Gasteiger partial charge in [-0.25, -0.2) is 14.3 Å². The molecule has 3 aromatic rings. The van der Waals surface area contributed by atoms with Gasteiger partial charge in [0, 0.05) is 19.3 Å². The first kappa shape index (κ1) is 19.9. The number of benzene rings is 2. The SMILES string of the molecule is Cc1ccc(NC(=O)N2CCCC2c2nn(C)c(=O)n2Cc2ccccc2)cc1C. The largest absolute Gasteiger partial charge is 0.346 e. The fourth-order valence-corrected chi connectivity index (χ4v) is 3.98. The lowest BCUT2D eigenvalue weighted by Gasteiger charge is -2.25. The molecule has 7 heteroatoms. The maximum atomic E-state index is 13.0. The van der Waals surface area contributed by atoms with Gasteiger partial charge in [0.05, 0.1) is 12.6 Å². The van der Waals surface area contributed by atoms with E-state index in [1.807, 2.05) is 62.4 Å². The predicted octanol–water partition coefficient (Wildman–Crippen LogP) is 3.62. The summed E-state index contributed by atoms with van der Waals surface area (Å²) in [5.74, 6) is 0.638. The van der Waals surface area contributed by atoms with Gasteiger partial charge in [-0.05, 0) is 55.5 Å². The summed E-state index contributed by atoms with van der Waals surface area (Å²) >= 11 is 0. The Morgan fingerprint density at radius 1 is 1.13 bits per heavy atom. The van der Waals surface area contributed by atoms with Crippen LogP contribution in [-0.2, 0) is 13.6 Å². The monoisotopic (exact) mass is 405 g/mol. The Hall–Kier alpha value is -3.35. The Bertz CT molecular complexity index is 1120. The molecule has 1 atom stereocenters. The lowest BCUT2D eigenvalue weighted by atomic mass is 10.1. The van der Waals surface area contributed by atoms with Crippen LogP contribution in [-0.4, -0.2) is 31.8 Å². The molecule has 30 heavy (non-hydrogen) atoms. The topological polar surface area (TPSA) is 72.2 Å². The molecule has 156 valence electrons. The summed E-state index contributed by atoms with van der Waals surface area (Å²) in [6.07, 6.45) is 1.66. The van der Waals surface area contributed by atoms with Gasteiger partial charge in [0.1, 0.15) is 0 Å². The molecule has 1 unspecified atom stereocenters. The quantitative estimate of drug-likeness (QED) is 0.721. The molecule has 0 saturated carbocycles. The second-order valence-electron chi connectivity index (χ2n) is 7.92. The second-order valence-corrected chi connectivity index (χ2v) is 7.92. The third kappa shape index (κ3) is 3.87. The van der Waals surface area contributed by atoms with E-state index in [4.69, 9.17) is 0 Å². The molecule has 1 aliphatic rings. The molecule has 0 radical (unpaired) electrons. The van der Waals surface area contributed by atoms with Crippen LogP contribution in [0.25, 0.3) is 0 Å². The molecule has 1 N–H and O–H groups in total. The molecule has 7 nitrogen and oxygen atoms in total. The molecule has 4 rings (SSSR count). The Balaban J connectivity index is 1.60. The summed E-state index contributed by atoms with van der Waals surface area (Å²) in [6, 6.07) is 15.3. The number of likely N-dealkylation sites (tertiary alicyclic amines) is 1. The Morgan fingerprint density at radius 3 is 2.63 bits per heavy atom. The Labute approximate surface area is 175 Å². The zero-order chi connectivity index (χ0) is 21.3. The number of nitrogens with one attached hydrogen (secondary N) is 1. The van der Waals surface area contributed by atoms with Crippen molar-refractivity contribution in [2.24, 2.45) is 7.05 Å². The number of hydrogen-bond donors (Lipinski definition) is 1. The summed E-state index contributed by atoms with van der Waals surface area (Å²) in [7, 11) is 1.65. The standard InChI is InChI=1S/C23H27N5O2/c1-16-11-12-19(14-17(16)2)24-22(29)27-13-7-10-20(27)21-25-26(3)23(30)28(21)15-18-8-5-4-6-9-18/h4-6,8-9,11-12,14,20H,7,10,13,15H2,1-3H3,(H,24,29). The van der Waals surface area contributed by atoms with Crippen LogP contribution in [0.5, 0.6) is 0 Å². The van der Waals surface area contributed by atoms with Crippen LogP contribution >= 0.6 is 0 Å². The van der Waals surface area contributed by atoms with Crippen LogP contribution in [0.1, 0.15) is 41.4 Å². The molecular weight excluding hydrogens is 378 g/mol. The summed E-state index contributed by atoms with van der Waals surface area (Å²) in [4.78, 5) is 27.6. The fourth-order valence-electron chi connectivity index (χ4n) is 3.98. The van der Waals surface area contributed by atoms with E-state index in [9.17, 15) is 9.59 Å². The number of hydrogen-bond acceptors (Lipinski definition) is 3. The molecule has 2 aromatic carbocycles. The van der Waals surface area contributed by atoms with Gasteiger partial charge in [0.2, 0.25) is 0 Å². The summed E-state index contributed by atoms with van der Waals surface area (Å²) in [5.41, 5.74) is 3.95. The van der Waals surface area contributed by atoms with Crippen molar-refractivity contribution in [1.82, 2.24) is 19.2 Å². The van der Waals surface area contributed by atoms with Crippen LogP contribution in [0.2, 0.25) is 0 Å². The van der Waals surface area contributed by atoms with Gasteiger partial charge >= 0.3 is 11.7 Å². The lowest BCUT2D eigenvalue weighted by molar-refractivity contribution is 0.203. The molecule has 0 spiro atoms. The molecular formula is C23H27N5O2. The third-order valence-electron chi connectivity index (χ3n) is 5.79. The molecule has 1 aromatic heterocycles. The number of urea groups is 1. The number of carbonyl (C=O) groups excluding carboxylic acids is 1. The Morgan fingerprint density at radius 2 is 1.90 bits per heavy atom. The zero-order valence-electron chi connectivity index (χ0n) is 17.6. The molecule has 1 aliphatic heterocycles. The molecule has 1 saturated heterocycles. The van der Waals surface area contributed by atoms with Crippen LogP contribution in [0.15, 0.2) is 53.3 Å². The minimum Gasteiger partial charge on any atom is -0.314 e. The van der Waals surface area contributed by atoms with E-state index in [-0.39, 0.29) is 17.8 Å². The van der Waals surface area contributed by atoms with E-state index >= 15 is 0 Å². The van der Waals surface area contributed by atoms with Gasteiger partial charge in [-0.15, -0.1) is 0 Å². The van der Waals surface area contributed by atoms with E-state index in [1.54, 1.807) is 16.5 Å². The number of carbonyl (C=O) groups is 1. The van der Waals surface area contributed by atoms with Crippen molar-refractivity contribution >= 4 is 11.7 Å². The highest BCUT2D eigenvalue weighted by Gasteiger charge is 2.34. The molecule has 0 bridgehead atoms. The number of rotatable bonds is 4. The number of aryl methyl sites for hydroxylation is 3. The smallest absolute Gasteiger partial charge is 0.314 e. The van der Waals surface area contributed by atoms with Crippen molar-refractivity contribution in [3.8, 4) is 0 Å². The second kappa shape index (κ2) is 8.18. The molecule has 1 fully saturated rings. The van der Waals surface area contributed by atoms with E-state index in [2.05, 4.69) is 10.4 Å². The zero-order valence-corrected chi connectivity index (χ0v) is 17.6. The first-order chi connectivity index (χ1) is 14.4. The van der Waals surface area contributed by atoms with Crippen molar-refractivity contribution in [3.63, 3.8) is 0 Å². The summed E-state index contributed by atoms with van der Waals surface area (Å²) in [5, 5.41) is 7.51. The minimum absolute atomic E-state index is 0.162. The maximum absolute atomic E-state index is 13.0. The predicted molar refractivity (Wildman–Crippen MR) is 117 cm³/mol. The van der Waals surface area contributed by atoms with Gasteiger partial charge in [-0.1, -0.05) is 36.4 Å². The van der Waals surface area contributed by atoms with Gasteiger partial charge in [-0.2, -0.15) is 5.10 Å². The van der Waals surface area contributed by atoms with E-state index in [0.717, 1.165) is 29.7 Å². The van der Waals surface area contributed by atoms with Crippen molar-refractivity contribution in [1.29, 1.82) is 0 Å². The van der Waals surface area contributed by atoms with Crippen LogP contribution in [0.3, 0.4) is 0 Å². The van der Waals surface area contributed by atoms with E-state index in [0.29, 0.717) is 18.9 Å². The first-order valence-corrected chi connectivity index (χ1v) is 10.3. The maximum Gasteiger partial charge on any atom is 0.346 e. The average molecular weight is 406 g/mol. The minimum atomic E-state index is -0.228. The number of nitrogens with zero attached hydrogens (tertiary/aromatic N) is 4. The summed E-state index contributed by atoms with van der Waals surface area (Å²) in [6.45, 7) is 5.15. The lowest BCUT2D eigenvalue weighted by Crippen LogP contribution is -2.36. The van der Waals surface area contributed by atoms with Crippen molar-refractivity contribution in [3.05, 3.63) is 81.5 Å². The molecule has 2 heterocycles. The van der Waals surface area contributed by atoms with Gasteiger partial charge in [0.15, 0.2) is 5.82 Å². The molecule has 0 aliphatic carbocycles. The average Bonchev–Trinajstić information content (AvgIpc) is 3.32. The van der Waals surface area contributed by atoms with Crippen molar-refractivity contribution < 1.29 is 4.79 Å². The van der Waals surface area contributed by atoms with Crippen LogP contribution in [0.4, 0.5) is 10.5 Å². The number of amides is 2. The van der Waals surface area contributed by atoms with Crippen molar-refractivity contribution in [2.45, 2.75) is 39.3 Å². The van der Waals surface area contributed by atoms with Gasteiger partial charge < -0.3 is 10.2 Å². The number of anilines is 1. The van der Waals surface area contributed by atoms with Gasteiger partial charge in [0.25, 0.3) is 0 Å². The fraction of sp³-hybridized carbons (Fsp3) is 0.348. The van der Waals surface area contributed by atoms with Crippen LogP contribution in [0, 0.1) is 13.8 Å². The highest BCUT2D eigenvalue weighted by atomic mass is 16.2. The van der Waals surface area contributed by atoms with Crippen LogP contribution < -0.4 is 11.0 Å². The van der Waals surface area contributed by atoms with E-state index in [1.165, 1.54) is 10.2 Å². The first-order valence-electron chi connectivity index (χ1n) is 10.3. The van der Waals surface area contributed by atoms with Crippen molar-refractivity contribution in [2.75, 3.05) is 11.9 Å². The highest BCUT2D eigenvalue weighted by molar-refractivity contribution is 5.89. The van der Waals surface area contributed by atoms with Gasteiger partial charge in [-0.3, -0.25) is 4.57 Å². The molecule has 2 amide bonds. The highest BCUT2D eigenvalue weighted by Crippen LogP contribution is 2.31. The normalized spacial score (nSPS) is 16.1. The summed E-state index contributed by atoms with van der Waals surface area (Å²) < 4.78 is 3.04. The Kier molecular flexibility index (Phi) is 5.44.